The summed E-state index contributed by atoms with van der Waals surface area (Å²) in [6.45, 7) is 3.92. The van der Waals surface area contributed by atoms with Gasteiger partial charge in [-0.2, -0.15) is 0 Å². The van der Waals surface area contributed by atoms with Crippen LogP contribution in [0.25, 0.3) is 0 Å². The number of hydrogen-bond donors (Lipinski definition) is 5. The number of carbonyl (C=O) groups is 6. The molecule has 0 spiro atoms. The fourth-order valence-electron chi connectivity index (χ4n) is 5.74. The van der Waals surface area contributed by atoms with Crippen LogP contribution in [0.3, 0.4) is 0 Å². The van der Waals surface area contributed by atoms with Crippen LogP contribution in [0, 0.1) is 0 Å². The Balaban J connectivity index is 1.07. The number of unbranched alkanes of at least 4 members (excludes halogenated alkanes) is 7. The van der Waals surface area contributed by atoms with Crippen LogP contribution in [-0.2, 0) is 20.9 Å². The van der Waals surface area contributed by atoms with Crippen molar-refractivity contribution in [1.82, 2.24) is 26.4 Å². The number of carbonyl (C=O) groups excluding carboxylic acids is 6. The standard InChI is InChI=1S/C35H46N6O6/c1-2-3-4-10-22-38-40-32(44)25-17-15-24(16-18-25)23-37-29(42)14-8-6-5-7-9-21-36-27-13-11-12-26-31(27)35(47)41(34(26)46)28-19-20-30(43)39-33(28)45/h11-13,15-18,28,36,38H,2-10,14,19-23H2,1H3,(H,37,42)(H,40,44)(H,39,43,45). The Morgan fingerprint density at radius 1 is 0.851 bits per heavy atom. The van der Waals surface area contributed by atoms with Crippen LogP contribution in [0.1, 0.15) is 121 Å². The second kappa shape index (κ2) is 17.9. The largest absolute Gasteiger partial charge is 0.384 e. The van der Waals surface area contributed by atoms with E-state index in [4.69, 9.17) is 0 Å². The molecule has 2 aromatic carbocycles. The quantitative estimate of drug-likeness (QED) is 0.0869. The van der Waals surface area contributed by atoms with E-state index in [9.17, 15) is 28.8 Å². The zero-order valence-electron chi connectivity index (χ0n) is 27.1. The highest BCUT2D eigenvalue weighted by molar-refractivity contribution is 6.25. The monoisotopic (exact) mass is 646 g/mol. The van der Waals surface area contributed by atoms with Gasteiger partial charge in [-0.05, 0) is 55.5 Å². The summed E-state index contributed by atoms with van der Waals surface area (Å²) in [5.41, 5.74) is 8.23. The lowest BCUT2D eigenvalue weighted by Crippen LogP contribution is -2.54. The molecule has 0 saturated carbocycles. The lowest BCUT2D eigenvalue weighted by molar-refractivity contribution is -0.136. The number of amides is 6. The zero-order chi connectivity index (χ0) is 33.6. The molecular weight excluding hydrogens is 600 g/mol. The highest BCUT2D eigenvalue weighted by atomic mass is 16.2. The molecule has 12 nitrogen and oxygen atoms in total. The Kier molecular flexibility index (Phi) is 13.5. The smallest absolute Gasteiger partial charge is 0.265 e. The number of nitrogens with zero attached hydrogens (tertiary/aromatic N) is 1. The molecule has 47 heavy (non-hydrogen) atoms. The Hall–Kier alpha value is -4.58. The number of hydrogen-bond acceptors (Lipinski definition) is 8. The number of nitrogens with one attached hydrogen (secondary N) is 5. The van der Waals surface area contributed by atoms with Crippen LogP contribution in [0.15, 0.2) is 42.5 Å². The summed E-state index contributed by atoms with van der Waals surface area (Å²) in [5, 5.41) is 8.41. The minimum Gasteiger partial charge on any atom is -0.384 e. The van der Waals surface area contributed by atoms with E-state index in [2.05, 4.69) is 33.7 Å². The van der Waals surface area contributed by atoms with Crippen LogP contribution in [-0.4, -0.2) is 59.5 Å². The van der Waals surface area contributed by atoms with E-state index in [1.54, 1.807) is 30.3 Å². The fraction of sp³-hybridized carbons (Fsp3) is 0.486. The molecule has 5 N–H and O–H groups in total. The van der Waals surface area contributed by atoms with E-state index in [0.29, 0.717) is 30.8 Å². The van der Waals surface area contributed by atoms with Crippen molar-refractivity contribution in [1.29, 1.82) is 0 Å². The first-order valence-corrected chi connectivity index (χ1v) is 16.8. The molecule has 1 fully saturated rings. The minimum atomic E-state index is -0.992. The number of anilines is 1. The van der Waals surface area contributed by atoms with Gasteiger partial charge in [0.15, 0.2) is 0 Å². The third-order valence-corrected chi connectivity index (χ3v) is 8.43. The predicted molar refractivity (Wildman–Crippen MR) is 177 cm³/mol. The van der Waals surface area contributed by atoms with Crippen LogP contribution in [0.4, 0.5) is 5.69 Å². The molecule has 0 aliphatic carbocycles. The van der Waals surface area contributed by atoms with Crippen molar-refractivity contribution in [3.8, 4) is 0 Å². The van der Waals surface area contributed by atoms with Gasteiger partial charge in [0.2, 0.25) is 17.7 Å². The summed E-state index contributed by atoms with van der Waals surface area (Å²) >= 11 is 0. The van der Waals surface area contributed by atoms with Crippen molar-refractivity contribution < 1.29 is 28.8 Å². The van der Waals surface area contributed by atoms with Crippen molar-refractivity contribution in [2.45, 2.75) is 96.6 Å². The molecule has 2 heterocycles. The van der Waals surface area contributed by atoms with E-state index in [0.717, 1.165) is 62.0 Å². The maximum absolute atomic E-state index is 13.2. The summed E-state index contributed by atoms with van der Waals surface area (Å²) in [6, 6.07) is 11.2. The predicted octanol–water partition coefficient (Wildman–Crippen LogP) is 3.97. The van der Waals surface area contributed by atoms with Crippen LogP contribution in [0.5, 0.6) is 0 Å². The topological polar surface area (TPSA) is 166 Å². The Bertz CT molecular complexity index is 1440. The van der Waals surface area contributed by atoms with Gasteiger partial charge in [-0.25, -0.2) is 5.43 Å². The number of benzene rings is 2. The molecule has 1 atom stereocenters. The average molecular weight is 647 g/mol. The molecular formula is C35H46N6O6. The molecule has 4 rings (SSSR count). The van der Waals surface area contributed by atoms with E-state index in [-0.39, 0.29) is 35.8 Å². The van der Waals surface area contributed by atoms with Gasteiger partial charge in [-0.3, -0.25) is 44.4 Å². The number of fused-ring (bicyclic) bond motifs is 1. The van der Waals surface area contributed by atoms with Gasteiger partial charge in [0.05, 0.1) is 11.1 Å². The molecule has 0 radical (unpaired) electrons. The average Bonchev–Trinajstić information content (AvgIpc) is 3.32. The molecule has 2 aromatic rings. The Morgan fingerprint density at radius 2 is 1.57 bits per heavy atom. The van der Waals surface area contributed by atoms with E-state index in [1.807, 2.05) is 12.1 Å². The van der Waals surface area contributed by atoms with E-state index < -0.39 is 29.7 Å². The first kappa shape index (κ1) is 35.3. The molecule has 2 aliphatic rings. The van der Waals surface area contributed by atoms with Crippen molar-refractivity contribution in [3.63, 3.8) is 0 Å². The number of rotatable bonds is 19. The molecule has 1 unspecified atom stereocenters. The Labute approximate surface area is 275 Å². The maximum Gasteiger partial charge on any atom is 0.265 e. The van der Waals surface area contributed by atoms with E-state index >= 15 is 0 Å². The molecule has 6 amide bonds. The van der Waals surface area contributed by atoms with Crippen LogP contribution in [0.2, 0.25) is 0 Å². The van der Waals surface area contributed by atoms with Crippen molar-refractivity contribution >= 4 is 41.1 Å². The number of piperidine rings is 1. The molecule has 252 valence electrons. The van der Waals surface area contributed by atoms with Gasteiger partial charge in [0, 0.05) is 43.7 Å². The zero-order valence-corrected chi connectivity index (χ0v) is 27.1. The van der Waals surface area contributed by atoms with Gasteiger partial charge < -0.3 is 10.6 Å². The number of hydrazine groups is 1. The van der Waals surface area contributed by atoms with Crippen LogP contribution >= 0.6 is 0 Å². The lowest BCUT2D eigenvalue weighted by atomic mass is 10.0. The van der Waals surface area contributed by atoms with Crippen molar-refractivity contribution in [2.24, 2.45) is 0 Å². The van der Waals surface area contributed by atoms with Gasteiger partial charge in [0.25, 0.3) is 17.7 Å². The first-order chi connectivity index (χ1) is 22.8. The SMILES string of the molecule is CCCCCCNNC(=O)c1ccc(CNC(=O)CCCCCCCNc2cccc3c2C(=O)N(C2CCC(=O)NC2=O)C3=O)cc1. The summed E-state index contributed by atoms with van der Waals surface area (Å²) in [4.78, 5) is 75.5. The molecule has 0 aromatic heterocycles. The van der Waals surface area contributed by atoms with Crippen molar-refractivity contribution in [2.75, 3.05) is 18.4 Å². The third-order valence-electron chi connectivity index (χ3n) is 8.43. The molecule has 2 aliphatic heterocycles. The second-order valence-electron chi connectivity index (χ2n) is 12.0. The summed E-state index contributed by atoms with van der Waals surface area (Å²) in [5.74, 6) is -2.27. The lowest BCUT2D eigenvalue weighted by Gasteiger charge is -2.27. The fourth-order valence-corrected chi connectivity index (χ4v) is 5.74. The van der Waals surface area contributed by atoms with Gasteiger partial charge in [0.1, 0.15) is 6.04 Å². The third kappa shape index (κ3) is 9.95. The number of imide groups is 2. The molecule has 1 saturated heterocycles. The van der Waals surface area contributed by atoms with E-state index in [1.165, 1.54) is 12.8 Å². The molecule has 12 heteroatoms. The minimum absolute atomic E-state index is 0.00995. The first-order valence-electron chi connectivity index (χ1n) is 16.8. The van der Waals surface area contributed by atoms with Gasteiger partial charge in [-0.15, -0.1) is 0 Å². The summed E-state index contributed by atoms with van der Waals surface area (Å²) in [6.07, 6.45) is 9.61. The highest BCUT2D eigenvalue weighted by Crippen LogP contribution is 2.32. The normalized spacial score (nSPS) is 15.8. The highest BCUT2D eigenvalue weighted by Gasteiger charge is 2.45. The van der Waals surface area contributed by atoms with Gasteiger partial charge in [-0.1, -0.05) is 63.6 Å². The molecule has 0 bridgehead atoms. The summed E-state index contributed by atoms with van der Waals surface area (Å²) in [7, 11) is 0. The maximum atomic E-state index is 13.2. The van der Waals surface area contributed by atoms with Crippen molar-refractivity contribution in [3.05, 3.63) is 64.7 Å². The second-order valence-corrected chi connectivity index (χ2v) is 12.0. The Morgan fingerprint density at radius 3 is 2.34 bits per heavy atom. The summed E-state index contributed by atoms with van der Waals surface area (Å²) < 4.78 is 0. The van der Waals surface area contributed by atoms with Gasteiger partial charge >= 0.3 is 0 Å². The van der Waals surface area contributed by atoms with Crippen LogP contribution < -0.4 is 26.8 Å².